The van der Waals surface area contributed by atoms with Crippen LogP contribution in [0, 0.1) is 0 Å². The van der Waals surface area contributed by atoms with Crippen LogP contribution in [0.4, 0.5) is 11.4 Å². The van der Waals surface area contributed by atoms with Gasteiger partial charge in [0.1, 0.15) is 0 Å². The molecule has 0 aliphatic carbocycles. The number of ether oxygens (including phenoxy) is 1. The first-order valence-electron chi connectivity index (χ1n) is 9.82. The van der Waals surface area contributed by atoms with Crippen molar-refractivity contribution in [1.29, 1.82) is 0 Å². The van der Waals surface area contributed by atoms with E-state index in [1.807, 2.05) is 19.2 Å². The second-order valence-corrected chi connectivity index (χ2v) is 7.88. The zero-order chi connectivity index (χ0) is 18.7. The highest BCUT2D eigenvalue weighted by atomic mass is 35.5. The summed E-state index contributed by atoms with van der Waals surface area (Å²) in [6.07, 6.45) is 1.95. The minimum absolute atomic E-state index is 0. The molecular formula is C22H31Cl4N3O. The monoisotopic (exact) mass is 493 g/mol. The Hall–Kier alpha value is -0.880. The van der Waals surface area contributed by atoms with Crippen LogP contribution >= 0.6 is 48.8 Å². The molecule has 4 nitrogen and oxygen atoms in total. The molecule has 0 spiro atoms. The van der Waals surface area contributed by atoms with Gasteiger partial charge in [0.15, 0.2) is 0 Å². The van der Waals surface area contributed by atoms with Gasteiger partial charge in [-0.2, -0.15) is 0 Å². The van der Waals surface area contributed by atoms with Gasteiger partial charge in [0.25, 0.3) is 0 Å². The molecule has 0 radical (unpaired) electrons. The fourth-order valence-corrected chi connectivity index (χ4v) is 4.41. The molecule has 0 bridgehead atoms. The number of nitrogens with zero attached hydrogens (tertiary/aromatic N) is 2. The molecule has 0 saturated carbocycles. The van der Waals surface area contributed by atoms with E-state index in [1.165, 1.54) is 16.9 Å². The van der Waals surface area contributed by atoms with Crippen LogP contribution in [0.25, 0.3) is 0 Å². The van der Waals surface area contributed by atoms with Gasteiger partial charge in [-0.1, -0.05) is 23.7 Å². The van der Waals surface area contributed by atoms with Crippen LogP contribution in [-0.4, -0.2) is 46.4 Å². The smallest absolute Gasteiger partial charge is 0.0961 e. The van der Waals surface area contributed by atoms with Gasteiger partial charge in [-0.3, -0.25) is 0 Å². The molecule has 2 aromatic carbocycles. The van der Waals surface area contributed by atoms with Gasteiger partial charge in [-0.25, -0.2) is 0 Å². The molecule has 0 aromatic heterocycles. The third-order valence-corrected chi connectivity index (χ3v) is 6.28. The quantitative estimate of drug-likeness (QED) is 0.635. The van der Waals surface area contributed by atoms with Gasteiger partial charge in [0, 0.05) is 62.8 Å². The summed E-state index contributed by atoms with van der Waals surface area (Å²) in [5.74, 6) is 0. The maximum absolute atomic E-state index is 6.06. The maximum atomic E-state index is 6.06. The SMILES string of the molecule is COC1(c2ccc(Cl)cc2)CCN(c2ccc(N3CCNCC3)cc2)CC1.Cl.Cl.Cl. The fourth-order valence-electron chi connectivity index (χ4n) is 4.29. The van der Waals surface area contributed by atoms with E-state index < -0.39 is 0 Å². The van der Waals surface area contributed by atoms with E-state index in [0.717, 1.165) is 57.1 Å². The average molecular weight is 495 g/mol. The average Bonchev–Trinajstić information content (AvgIpc) is 2.75. The Labute approximate surface area is 203 Å². The van der Waals surface area contributed by atoms with E-state index in [9.17, 15) is 0 Å². The Morgan fingerprint density at radius 3 is 1.70 bits per heavy atom. The van der Waals surface area contributed by atoms with Gasteiger partial charge in [0.2, 0.25) is 0 Å². The first-order valence-corrected chi connectivity index (χ1v) is 10.2. The summed E-state index contributed by atoms with van der Waals surface area (Å²) < 4.78 is 6.01. The first-order chi connectivity index (χ1) is 13.2. The Bertz CT molecular complexity index is 744. The van der Waals surface area contributed by atoms with Gasteiger partial charge in [0.05, 0.1) is 5.60 Å². The highest BCUT2D eigenvalue weighted by Gasteiger charge is 2.36. The largest absolute Gasteiger partial charge is 0.373 e. The van der Waals surface area contributed by atoms with Crippen molar-refractivity contribution in [2.24, 2.45) is 0 Å². The zero-order valence-electron chi connectivity index (χ0n) is 17.2. The van der Waals surface area contributed by atoms with Crippen molar-refractivity contribution in [1.82, 2.24) is 5.32 Å². The molecule has 0 atom stereocenters. The van der Waals surface area contributed by atoms with E-state index in [4.69, 9.17) is 16.3 Å². The third-order valence-electron chi connectivity index (χ3n) is 6.03. The summed E-state index contributed by atoms with van der Waals surface area (Å²) >= 11 is 6.06. The van der Waals surface area contributed by atoms with Gasteiger partial charge < -0.3 is 19.9 Å². The molecule has 0 unspecified atom stereocenters. The highest BCUT2D eigenvalue weighted by molar-refractivity contribution is 6.30. The van der Waals surface area contributed by atoms with Crippen LogP contribution in [0.3, 0.4) is 0 Å². The summed E-state index contributed by atoms with van der Waals surface area (Å²) in [6, 6.07) is 17.2. The van der Waals surface area contributed by atoms with Crippen LogP contribution in [0.15, 0.2) is 48.5 Å². The molecule has 2 aromatic rings. The number of rotatable bonds is 4. The first kappa shape index (κ1) is 27.2. The lowest BCUT2D eigenvalue weighted by Crippen LogP contribution is -2.44. The molecule has 2 saturated heterocycles. The number of hydrogen-bond acceptors (Lipinski definition) is 4. The van der Waals surface area contributed by atoms with E-state index >= 15 is 0 Å². The molecule has 2 aliphatic heterocycles. The predicted molar refractivity (Wildman–Crippen MR) is 135 cm³/mol. The standard InChI is InChI=1S/C22H28ClN3O.3ClH/c1-27-22(18-2-4-19(23)5-3-18)10-14-25(15-11-22)20-6-8-21(9-7-20)26-16-12-24-13-17-26;;;/h2-9,24H,10-17H2,1H3;3*1H. The van der Waals surface area contributed by atoms with Crippen molar-refractivity contribution in [3.05, 3.63) is 59.1 Å². The third kappa shape index (κ3) is 5.87. The Balaban J connectivity index is 0.00000150. The van der Waals surface area contributed by atoms with Crippen molar-refractivity contribution in [3.63, 3.8) is 0 Å². The minimum atomic E-state index is -0.207. The van der Waals surface area contributed by atoms with Crippen molar-refractivity contribution in [3.8, 4) is 0 Å². The second kappa shape index (κ2) is 12.2. The number of piperidine rings is 1. The molecule has 8 heteroatoms. The number of halogens is 4. The molecule has 2 heterocycles. The topological polar surface area (TPSA) is 27.7 Å². The summed E-state index contributed by atoms with van der Waals surface area (Å²) in [4.78, 5) is 4.92. The van der Waals surface area contributed by atoms with Crippen molar-refractivity contribution in [2.45, 2.75) is 18.4 Å². The summed E-state index contributed by atoms with van der Waals surface area (Å²) in [6.45, 7) is 6.28. The van der Waals surface area contributed by atoms with Crippen molar-refractivity contribution in [2.75, 3.05) is 56.2 Å². The van der Waals surface area contributed by atoms with Gasteiger partial charge in [-0.05, 0) is 54.8 Å². The van der Waals surface area contributed by atoms with E-state index in [0.29, 0.717) is 0 Å². The molecular weight excluding hydrogens is 464 g/mol. The summed E-state index contributed by atoms with van der Waals surface area (Å²) in [5, 5.41) is 4.18. The molecule has 1 N–H and O–H groups in total. The van der Waals surface area contributed by atoms with E-state index in [1.54, 1.807) is 0 Å². The van der Waals surface area contributed by atoms with Crippen LogP contribution < -0.4 is 15.1 Å². The second-order valence-electron chi connectivity index (χ2n) is 7.45. The van der Waals surface area contributed by atoms with Gasteiger partial charge in [-0.15, -0.1) is 37.2 Å². The molecule has 4 rings (SSSR count). The number of hydrogen-bond donors (Lipinski definition) is 1. The lowest BCUT2D eigenvalue weighted by atomic mass is 9.84. The highest BCUT2D eigenvalue weighted by Crippen LogP contribution is 2.38. The summed E-state index contributed by atoms with van der Waals surface area (Å²) in [7, 11) is 1.83. The van der Waals surface area contributed by atoms with Crippen LogP contribution in [0.5, 0.6) is 0 Å². The number of nitrogens with one attached hydrogen (secondary N) is 1. The number of benzene rings is 2. The van der Waals surface area contributed by atoms with Crippen LogP contribution in [0.2, 0.25) is 5.02 Å². The van der Waals surface area contributed by atoms with Gasteiger partial charge >= 0.3 is 0 Å². The predicted octanol–water partition coefficient (Wildman–Crippen LogP) is 5.16. The summed E-state index contributed by atoms with van der Waals surface area (Å²) in [5.41, 5.74) is 3.64. The maximum Gasteiger partial charge on any atom is 0.0961 e. The van der Waals surface area contributed by atoms with Crippen molar-refractivity contribution >= 4 is 60.2 Å². The van der Waals surface area contributed by atoms with E-state index in [2.05, 4.69) is 51.5 Å². The zero-order valence-corrected chi connectivity index (χ0v) is 20.4. The fraction of sp³-hybridized carbons (Fsp3) is 0.455. The Morgan fingerprint density at radius 1 is 0.767 bits per heavy atom. The molecule has 2 fully saturated rings. The van der Waals surface area contributed by atoms with Crippen LogP contribution in [0.1, 0.15) is 18.4 Å². The lowest BCUT2D eigenvalue weighted by molar-refractivity contribution is -0.0346. The number of piperazine rings is 1. The molecule has 30 heavy (non-hydrogen) atoms. The molecule has 2 aliphatic rings. The normalized spacial score (nSPS) is 17.9. The number of anilines is 2. The molecule has 168 valence electrons. The Kier molecular flexibility index (Phi) is 11.1. The van der Waals surface area contributed by atoms with Crippen LogP contribution in [-0.2, 0) is 10.3 Å². The Morgan fingerprint density at radius 2 is 1.23 bits per heavy atom. The lowest BCUT2D eigenvalue weighted by Gasteiger charge is -2.42. The number of methoxy groups -OCH3 is 1. The molecule has 0 amide bonds. The van der Waals surface area contributed by atoms with E-state index in [-0.39, 0.29) is 42.8 Å². The van der Waals surface area contributed by atoms with Crippen molar-refractivity contribution < 1.29 is 4.74 Å². The minimum Gasteiger partial charge on any atom is -0.373 e.